The number of nitrogens with zero attached hydrogens (tertiary/aromatic N) is 2. The molecule has 1 atom stereocenters. The minimum Gasteiger partial charge on any atom is -0.351 e. The maximum Gasteiger partial charge on any atom is 0.237 e. The van der Waals surface area contributed by atoms with Gasteiger partial charge in [-0.25, -0.2) is 4.99 Å². The Morgan fingerprint density at radius 3 is 2.89 bits per heavy atom. The molecule has 1 aliphatic rings. The topological polar surface area (TPSA) is 44.7 Å². The number of nitrogens with one attached hydrogen (secondary N) is 1. The molecule has 1 amide bonds. The van der Waals surface area contributed by atoms with Crippen molar-refractivity contribution in [2.45, 2.75) is 25.8 Å². The van der Waals surface area contributed by atoms with Gasteiger partial charge in [0.25, 0.3) is 0 Å². The van der Waals surface area contributed by atoms with Crippen molar-refractivity contribution in [1.29, 1.82) is 0 Å². The lowest BCUT2D eigenvalue weighted by molar-refractivity contribution is -0.124. The minimum atomic E-state index is -0.00525. The summed E-state index contributed by atoms with van der Waals surface area (Å²) in [4.78, 5) is 18.0. The predicted octanol–water partition coefficient (Wildman–Crippen LogP) is 1.92. The molecule has 0 radical (unpaired) electrons. The Bertz CT molecular complexity index is 372. The summed E-state index contributed by atoms with van der Waals surface area (Å²) in [6, 6.07) is -0.00525. The van der Waals surface area contributed by atoms with Crippen molar-refractivity contribution in [3.05, 3.63) is 24.4 Å². The van der Waals surface area contributed by atoms with E-state index in [4.69, 9.17) is 11.6 Å². The SMILES string of the molecule is C=C/C(=C\N=C(C)Cl)CNC(=O)C1CCCN1C. The molecule has 1 aliphatic heterocycles. The molecule has 4 nitrogen and oxygen atoms in total. The van der Waals surface area contributed by atoms with E-state index in [0.717, 1.165) is 25.0 Å². The van der Waals surface area contributed by atoms with Crippen LogP contribution in [0.2, 0.25) is 0 Å². The third kappa shape index (κ3) is 4.63. The Morgan fingerprint density at radius 1 is 1.67 bits per heavy atom. The number of hydrogen-bond donors (Lipinski definition) is 1. The monoisotopic (exact) mass is 269 g/mol. The van der Waals surface area contributed by atoms with Gasteiger partial charge in [-0.2, -0.15) is 0 Å². The average Bonchev–Trinajstić information content (AvgIpc) is 2.75. The van der Waals surface area contributed by atoms with Gasteiger partial charge in [-0.15, -0.1) is 0 Å². The van der Waals surface area contributed by atoms with Gasteiger partial charge >= 0.3 is 0 Å². The van der Waals surface area contributed by atoms with Crippen LogP contribution in [-0.4, -0.2) is 42.2 Å². The fourth-order valence-electron chi connectivity index (χ4n) is 1.89. The molecule has 1 rings (SSSR count). The molecule has 0 aromatic carbocycles. The van der Waals surface area contributed by atoms with Crippen LogP contribution < -0.4 is 5.32 Å². The van der Waals surface area contributed by atoms with Crippen molar-refractivity contribution in [3.63, 3.8) is 0 Å². The van der Waals surface area contributed by atoms with Gasteiger partial charge in [-0.05, 0) is 38.9 Å². The normalized spacial score (nSPS) is 22.1. The van der Waals surface area contributed by atoms with E-state index in [-0.39, 0.29) is 11.9 Å². The van der Waals surface area contributed by atoms with E-state index in [1.165, 1.54) is 0 Å². The van der Waals surface area contributed by atoms with Crippen LogP contribution in [0.15, 0.2) is 29.4 Å². The molecule has 1 fully saturated rings. The average molecular weight is 270 g/mol. The number of likely N-dealkylation sites (N-methyl/N-ethyl adjacent to an activating group) is 1. The smallest absolute Gasteiger partial charge is 0.237 e. The second-order valence-electron chi connectivity index (χ2n) is 4.39. The molecule has 0 bridgehead atoms. The molecule has 100 valence electrons. The van der Waals surface area contributed by atoms with Gasteiger partial charge in [-0.3, -0.25) is 9.69 Å². The van der Waals surface area contributed by atoms with Crippen molar-refractivity contribution in [2.24, 2.45) is 4.99 Å². The molecular weight excluding hydrogens is 250 g/mol. The highest BCUT2D eigenvalue weighted by Gasteiger charge is 2.27. The largest absolute Gasteiger partial charge is 0.351 e. The van der Waals surface area contributed by atoms with Crippen molar-refractivity contribution in [2.75, 3.05) is 20.1 Å². The van der Waals surface area contributed by atoms with Crippen LogP contribution in [0.1, 0.15) is 19.8 Å². The predicted molar refractivity (Wildman–Crippen MR) is 75.9 cm³/mol. The highest BCUT2D eigenvalue weighted by Crippen LogP contribution is 2.14. The zero-order chi connectivity index (χ0) is 13.5. The highest BCUT2D eigenvalue weighted by molar-refractivity contribution is 6.64. The van der Waals surface area contributed by atoms with Crippen LogP contribution in [0.3, 0.4) is 0 Å². The third-order valence-electron chi connectivity index (χ3n) is 2.96. The van der Waals surface area contributed by atoms with Crippen LogP contribution in [-0.2, 0) is 4.79 Å². The zero-order valence-corrected chi connectivity index (χ0v) is 11.7. The lowest BCUT2D eigenvalue weighted by Crippen LogP contribution is -2.41. The van der Waals surface area contributed by atoms with Crippen LogP contribution in [0.5, 0.6) is 0 Å². The summed E-state index contributed by atoms with van der Waals surface area (Å²) in [7, 11) is 1.97. The van der Waals surface area contributed by atoms with E-state index in [9.17, 15) is 4.79 Å². The second-order valence-corrected chi connectivity index (χ2v) is 4.94. The van der Waals surface area contributed by atoms with E-state index in [1.54, 1.807) is 19.2 Å². The van der Waals surface area contributed by atoms with Crippen LogP contribution in [0, 0.1) is 0 Å². The van der Waals surface area contributed by atoms with Gasteiger partial charge in [0.15, 0.2) is 0 Å². The molecule has 5 heteroatoms. The van der Waals surface area contributed by atoms with Gasteiger partial charge in [0.05, 0.1) is 6.04 Å². The maximum atomic E-state index is 11.9. The van der Waals surface area contributed by atoms with E-state index in [1.807, 2.05) is 7.05 Å². The number of amides is 1. The zero-order valence-electron chi connectivity index (χ0n) is 10.9. The molecule has 1 heterocycles. The van der Waals surface area contributed by atoms with E-state index < -0.39 is 0 Å². The maximum absolute atomic E-state index is 11.9. The van der Waals surface area contributed by atoms with Crippen molar-refractivity contribution in [3.8, 4) is 0 Å². The number of likely N-dealkylation sites (tertiary alicyclic amines) is 1. The lowest BCUT2D eigenvalue weighted by Gasteiger charge is -2.18. The molecule has 1 unspecified atom stereocenters. The summed E-state index contributed by atoms with van der Waals surface area (Å²) >= 11 is 5.64. The molecule has 0 aromatic heterocycles. The number of carbonyl (C=O) groups excluding carboxylic acids is 1. The van der Waals surface area contributed by atoms with E-state index in [2.05, 4.69) is 21.8 Å². The number of rotatable bonds is 5. The third-order valence-corrected chi connectivity index (χ3v) is 3.06. The molecule has 1 saturated heterocycles. The molecule has 0 spiro atoms. The Labute approximate surface area is 113 Å². The summed E-state index contributed by atoms with van der Waals surface area (Å²) in [5.41, 5.74) is 0.837. The van der Waals surface area contributed by atoms with Gasteiger partial charge in [0.1, 0.15) is 5.17 Å². The fourth-order valence-corrected chi connectivity index (χ4v) is 1.94. The highest BCUT2D eigenvalue weighted by atomic mass is 35.5. The second kappa shape index (κ2) is 7.34. The van der Waals surface area contributed by atoms with Crippen molar-refractivity contribution >= 4 is 22.7 Å². The lowest BCUT2D eigenvalue weighted by atomic mass is 10.2. The van der Waals surface area contributed by atoms with Crippen molar-refractivity contribution in [1.82, 2.24) is 10.2 Å². The number of hydrogen-bond acceptors (Lipinski definition) is 3. The first-order chi connectivity index (χ1) is 8.54. The Morgan fingerprint density at radius 2 is 2.39 bits per heavy atom. The number of aliphatic imine (C=N–C) groups is 1. The first-order valence-corrected chi connectivity index (χ1v) is 6.41. The summed E-state index contributed by atoms with van der Waals surface area (Å²) in [5, 5.41) is 3.35. The van der Waals surface area contributed by atoms with Crippen molar-refractivity contribution < 1.29 is 4.79 Å². The molecule has 0 saturated carbocycles. The van der Waals surface area contributed by atoms with Gasteiger partial charge in [0, 0.05) is 12.7 Å². The fraction of sp³-hybridized carbons (Fsp3) is 0.538. The first-order valence-electron chi connectivity index (χ1n) is 6.04. The van der Waals surface area contributed by atoms with Crippen LogP contribution >= 0.6 is 11.6 Å². The summed E-state index contributed by atoms with van der Waals surface area (Å²) in [5.74, 6) is 0.0642. The van der Waals surface area contributed by atoms with Gasteiger partial charge in [0.2, 0.25) is 5.91 Å². The van der Waals surface area contributed by atoms with E-state index >= 15 is 0 Å². The Hall–Kier alpha value is -1.13. The summed E-state index contributed by atoms with van der Waals surface area (Å²) < 4.78 is 0. The molecule has 0 aromatic rings. The Balaban J connectivity index is 2.48. The Kier molecular flexibility index (Phi) is 6.09. The number of carbonyl (C=O) groups is 1. The standard InChI is InChI=1S/C13H20ClN3O/c1-4-11(8-15-10(2)14)9-16-13(18)12-6-5-7-17(12)3/h4,8,12H,1,5-7,9H2,2-3H3,(H,16,18)/b11-8+,15-10?. The molecular formula is C13H20ClN3O. The number of halogens is 1. The van der Waals surface area contributed by atoms with Crippen LogP contribution in [0.25, 0.3) is 0 Å². The van der Waals surface area contributed by atoms with E-state index in [0.29, 0.717) is 11.7 Å². The summed E-state index contributed by atoms with van der Waals surface area (Å²) in [6.45, 7) is 6.80. The molecule has 1 N–H and O–H groups in total. The van der Waals surface area contributed by atoms with Crippen LogP contribution in [0.4, 0.5) is 0 Å². The minimum absolute atomic E-state index is 0.00525. The molecule has 0 aliphatic carbocycles. The van der Waals surface area contributed by atoms with Gasteiger partial charge < -0.3 is 5.32 Å². The molecule has 18 heavy (non-hydrogen) atoms. The summed E-state index contributed by atoms with van der Waals surface area (Å²) in [6.07, 6.45) is 5.29. The quantitative estimate of drug-likeness (QED) is 0.612. The first kappa shape index (κ1) is 14.9. The van der Waals surface area contributed by atoms with Gasteiger partial charge in [-0.1, -0.05) is 24.3 Å².